The van der Waals surface area contributed by atoms with Gasteiger partial charge < -0.3 is 10.2 Å². The number of nitrogens with zero attached hydrogens (tertiary/aromatic N) is 1. The predicted molar refractivity (Wildman–Crippen MR) is 75.9 cm³/mol. The van der Waals surface area contributed by atoms with Crippen molar-refractivity contribution in [1.82, 2.24) is 10.2 Å². The number of hydrogen-bond donors (Lipinski definition) is 1. The van der Waals surface area contributed by atoms with Gasteiger partial charge in [-0.05, 0) is 38.7 Å². The number of carbonyl (C=O) groups is 2. The molecule has 20 heavy (non-hydrogen) atoms. The van der Waals surface area contributed by atoms with E-state index in [0.717, 1.165) is 24.8 Å². The zero-order valence-electron chi connectivity index (χ0n) is 11.9. The number of nitrogens with one attached hydrogen (secondary N) is 1. The molecule has 1 heterocycles. The second kappa shape index (κ2) is 4.62. The minimum Gasteiger partial charge on any atom is -0.342 e. The Kier molecular flexibility index (Phi) is 3.04. The molecule has 0 aromatic heterocycles. The van der Waals surface area contributed by atoms with Crippen molar-refractivity contribution in [2.24, 2.45) is 0 Å². The van der Waals surface area contributed by atoms with Gasteiger partial charge in [0.1, 0.15) is 12.1 Å². The molecule has 4 heteroatoms. The Morgan fingerprint density at radius 1 is 1.20 bits per heavy atom. The summed E-state index contributed by atoms with van der Waals surface area (Å²) in [5.74, 6) is -0.0444. The smallest absolute Gasteiger partial charge is 0.248 e. The van der Waals surface area contributed by atoms with Gasteiger partial charge in [0.25, 0.3) is 0 Å². The molecule has 1 aromatic rings. The number of benzene rings is 1. The summed E-state index contributed by atoms with van der Waals surface area (Å²) < 4.78 is 0. The fraction of sp³-hybridized carbons (Fsp3) is 0.500. The summed E-state index contributed by atoms with van der Waals surface area (Å²) in [4.78, 5) is 26.9. The molecule has 2 fully saturated rings. The van der Waals surface area contributed by atoms with Crippen LogP contribution < -0.4 is 5.32 Å². The van der Waals surface area contributed by atoms with Gasteiger partial charge in [-0.25, -0.2) is 0 Å². The Bertz CT molecular complexity index is 537. The van der Waals surface area contributed by atoms with Crippen LogP contribution in [0.2, 0.25) is 0 Å². The summed E-state index contributed by atoms with van der Waals surface area (Å²) in [6, 6.07) is 8.65. The zero-order valence-corrected chi connectivity index (χ0v) is 11.9. The van der Waals surface area contributed by atoms with Gasteiger partial charge in [0.05, 0.1) is 0 Å². The lowest BCUT2D eigenvalue weighted by Gasteiger charge is -2.53. The van der Waals surface area contributed by atoms with Crippen LogP contribution in [0.25, 0.3) is 0 Å². The average Bonchev–Trinajstić information content (AvgIpc) is 2.41. The summed E-state index contributed by atoms with van der Waals surface area (Å²) >= 11 is 0. The third kappa shape index (κ3) is 1.90. The fourth-order valence-electron chi connectivity index (χ4n) is 3.25. The van der Waals surface area contributed by atoms with Crippen LogP contribution in [0.3, 0.4) is 0 Å². The Labute approximate surface area is 119 Å². The quantitative estimate of drug-likeness (QED) is 0.895. The first-order chi connectivity index (χ1) is 9.53. The molecule has 4 nitrogen and oxygen atoms in total. The first kappa shape index (κ1) is 13.2. The lowest BCUT2D eigenvalue weighted by atomic mass is 9.75. The molecule has 0 spiro atoms. The first-order valence-corrected chi connectivity index (χ1v) is 7.21. The Hall–Kier alpha value is -1.84. The standard InChI is InChI=1S/C16H20N2O2/c1-11-15(20)18(16(2)9-6-10-16)13(14(19)17-11)12-7-4-3-5-8-12/h3-5,7-8,11,13H,6,9-10H2,1-2H3,(H,17,19). The van der Waals surface area contributed by atoms with Crippen molar-refractivity contribution in [3.05, 3.63) is 35.9 Å². The third-order valence-electron chi connectivity index (χ3n) is 4.60. The molecule has 1 saturated carbocycles. The molecule has 1 N–H and O–H groups in total. The van der Waals surface area contributed by atoms with Crippen LogP contribution in [0.15, 0.2) is 30.3 Å². The van der Waals surface area contributed by atoms with Crippen LogP contribution in [-0.2, 0) is 9.59 Å². The molecular weight excluding hydrogens is 252 g/mol. The molecule has 1 saturated heterocycles. The van der Waals surface area contributed by atoms with Gasteiger partial charge in [0.15, 0.2) is 0 Å². The van der Waals surface area contributed by atoms with E-state index in [0.29, 0.717) is 0 Å². The van der Waals surface area contributed by atoms with Gasteiger partial charge >= 0.3 is 0 Å². The summed E-state index contributed by atoms with van der Waals surface area (Å²) in [5.41, 5.74) is 0.710. The molecule has 2 unspecified atom stereocenters. The van der Waals surface area contributed by atoms with E-state index in [4.69, 9.17) is 0 Å². The average molecular weight is 272 g/mol. The molecule has 3 rings (SSSR count). The normalized spacial score (nSPS) is 28.8. The Morgan fingerprint density at radius 3 is 2.40 bits per heavy atom. The Morgan fingerprint density at radius 2 is 1.85 bits per heavy atom. The van der Waals surface area contributed by atoms with Crippen molar-refractivity contribution in [3.63, 3.8) is 0 Å². The van der Waals surface area contributed by atoms with Gasteiger partial charge in [-0.3, -0.25) is 9.59 Å². The maximum atomic E-state index is 12.6. The third-order valence-corrected chi connectivity index (χ3v) is 4.60. The zero-order chi connectivity index (χ0) is 14.3. The highest BCUT2D eigenvalue weighted by Crippen LogP contribution is 2.43. The number of amides is 2. The molecule has 0 bridgehead atoms. The van der Waals surface area contributed by atoms with E-state index in [9.17, 15) is 9.59 Å². The first-order valence-electron chi connectivity index (χ1n) is 7.21. The highest BCUT2D eigenvalue weighted by atomic mass is 16.2. The van der Waals surface area contributed by atoms with Gasteiger partial charge in [-0.1, -0.05) is 30.3 Å². The van der Waals surface area contributed by atoms with Crippen molar-refractivity contribution < 1.29 is 9.59 Å². The monoisotopic (exact) mass is 272 g/mol. The maximum absolute atomic E-state index is 12.6. The van der Waals surface area contributed by atoms with Gasteiger partial charge in [0, 0.05) is 5.54 Å². The van der Waals surface area contributed by atoms with E-state index in [-0.39, 0.29) is 17.4 Å². The van der Waals surface area contributed by atoms with E-state index in [2.05, 4.69) is 12.2 Å². The van der Waals surface area contributed by atoms with Crippen LogP contribution in [0, 0.1) is 0 Å². The summed E-state index contributed by atoms with van der Waals surface area (Å²) in [5, 5.41) is 2.80. The number of carbonyl (C=O) groups excluding carboxylic acids is 2. The minimum absolute atomic E-state index is 0.0284. The van der Waals surface area contributed by atoms with Crippen LogP contribution in [0.4, 0.5) is 0 Å². The maximum Gasteiger partial charge on any atom is 0.248 e. The molecular formula is C16H20N2O2. The van der Waals surface area contributed by atoms with Crippen LogP contribution in [-0.4, -0.2) is 28.3 Å². The largest absolute Gasteiger partial charge is 0.342 e. The SMILES string of the molecule is CC1NC(=O)C(c2ccccc2)N(C2(C)CCC2)C1=O. The minimum atomic E-state index is -0.495. The van der Waals surface area contributed by atoms with E-state index in [1.165, 1.54) is 0 Å². The van der Waals surface area contributed by atoms with E-state index in [1.807, 2.05) is 35.2 Å². The summed E-state index contributed by atoms with van der Waals surface area (Å²) in [7, 11) is 0. The second-order valence-corrected chi connectivity index (χ2v) is 6.10. The molecule has 1 aliphatic carbocycles. The molecule has 2 amide bonds. The van der Waals surface area contributed by atoms with Gasteiger partial charge in [0.2, 0.25) is 11.8 Å². The van der Waals surface area contributed by atoms with Crippen molar-refractivity contribution in [1.29, 1.82) is 0 Å². The van der Waals surface area contributed by atoms with Crippen molar-refractivity contribution >= 4 is 11.8 Å². The highest BCUT2D eigenvalue weighted by molar-refractivity contribution is 5.97. The molecule has 2 aliphatic rings. The van der Waals surface area contributed by atoms with Crippen LogP contribution in [0.1, 0.15) is 44.7 Å². The lowest BCUT2D eigenvalue weighted by Crippen LogP contribution is -2.66. The number of rotatable bonds is 2. The number of piperazine rings is 1. The molecule has 1 aliphatic heterocycles. The van der Waals surface area contributed by atoms with Crippen LogP contribution >= 0.6 is 0 Å². The second-order valence-electron chi connectivity index (χ2n) is 6.10. The molecule has 2 atom stereocenters. The fourth-order valence-corrected chi connectivity index (χ4v) is 3.25. The van der Waals surface area contributed by atoms with E-state index in [1.54, 1.807) is 6.92 Å². The lowest BCUT2D eigenvalue weighted by molar-refractivity contribution is -0.160. The van der Waals surface area contributed by atoms with E-state index >= 15 is 0 Å². The molecule has 0 radical (unpaired) electrons. The van der Waals surface area contributed by atoms with Gasteiger partial charge in [-0.2, -0.15) is 0 Å². The van der Waals surface area contributed by atoms with Gasteiger partial charge in [-0.15, -0.1) is 0 Å². The topological polar surface area (TPSA) is 49.4 Å². The molecule has 1 aromatic carbocycles. The van der Waals surface area contributed by atoms with Crippen LogP contribution in [0.5, 0.6) is 0 Å². The van der Waals surface area contributed by atoms with E-state index < -0.39 is 12.1 Å². The molecule has 106 valence electrons. The number of hydrogen-bond acceptors (Lipinski definition) is 2. The summed E-state index contributed by atoms with van der Waals surface area (Å²) in [6.07, 6.45) is 3.07. The Balaban J connectivity index is 2.03. The van der Waals surface area contributed by atoms with Crippen molar-refractivity contribution in [3.8, 4) is 0 Å². The van der Waals surface area contributed by atoms with Crippen molar-refractivity contribution in [2.45, 2.75) is 50.7 Å². The highest BCUT2D eigenvalue weighted by Gasteiger charge is 2.50. The van der Waals surface area contributed by atoms with Crippen molar-refractivity contribution in [2.75, 3.05) is 0 Å². The summed E-state index contributed by atoms with van der Waals surface area (Å²) in [6.45, 7) is 3.85. The predicted octanol–water partition coefficient (Wildman–Crippen LogP) is 2.02.